The van der Waals surface area contributed by atoms with Crippen molar-refractivity contribution in [1.82, 2.24) is 0 Å². The van der Waals surface area contributed by atoms with Crippen LogP contribution in [-0.4, -0.2) is 0 Å². The SMILES string of the molecule is CC1(C)c2ccc(-c3cccc4c3sc3c4ccc4sc5ccc6ccccc6c5c43)cc2-c2ccc(-c3c4ccccc4c(-c4ccccc4)c4ccccc34)cc21. The zero-order chi connectivity index (χ0) is 39.0. The molecule has 1 aliphatic rings. The third-order valence-electron chi connectivity index (χ3n) is 13.3. The van der Waals surface area contributed by atoms with E-state index in [9.17, 15) is 0 Å². The van der Waals surface area contributed by atoms with Crippen LogP contribution in [0.15, 0.2) is 182 Å². The van der Waals surface area contributed by atoms with E-state index in [1.165, 1.54) is 128 Å². The van der Waals surface area contributed by atoms with E-state index in [0.717, 1.165) is 0 Å². The largest absolute Gasteiger partial charge is 0.135 e. The van der Waals surface area contributed by atoms with Crippen LogP contribution in [0.4, 0.5) is 0 Å². The summed E-state index contributed by atoms with van der Waals surface area (Å²) in [5, 5.41) is 13.3. The summed E-state index contributed by atoms with van der Waals surface area (Å²) in [7, 11) is 0. The molecule has 0 N–H and O–H groups in total. The normalized spacial score (nSPS) is 13.4. The van der Waals surface area contributed by atoms with E-state index in [1.807, 2.05) is 22.7 Å². The zero-order valence-electron chi connectivity index (χ0n) is 32.6. The maximum Gasteiger partial charge on any atom is 0.0449 e. The Labute approximate surface area is 350 Å². The van der Waals surface area contributed by atoms with Crippen molar-refractivity contribution in [2.24, 2.45) is 0 Å². The fraction of sp³-hybridized carbons (Fsp3) is 0.0526. The summed E-state index contributed by atoms with van der Waals surface area (Å²) in [6, 6.07) is 68.4. The van der Waals surface area contributed by atoms with Gasteiger partial charge in [0.2, 0.25) is 0 Å². The second kappa shape index (κ2) is 12.2. The molecule has 0 fully saturated rings. The van der Waals surface area contributed by atoms with Crippen LogP contribution in [0.3, 0.4) is 0 Å². The molecular weight excluding hydrogens is 749 g/mol. The lowest BCUT2D eigenvalue weighted by atomic mass is 9.80. The predicted molar refractivity (Wildman–Crippen MR) is 259 cm³/mol. The van der Waals surface area contributed by atoms with Crippen molar-refractivity contribution in [2.45, 2.75) is 19.3 Å². The summed E-state index contributed by atoms with van der Waals surface area (Å²) in [6.45, 7) is 4.81. The lowest BCUT2D eigenvalue weighted by Crippen LogP contribution is -2.15. The van der Waals surface area contributed by atoms with E-state index in [2.05, 4.69) is 196 Å². The molecule has 0 spiro atoms. The van der Waals surface area contributed by atoms with Crippen molar-refractivity contribution in [3.05, 3.63) is 193 Å². The molecule has 0 atom stereocenters. The Balaban J connectivity index is 0.988. The molecule has 0 bridgehead atoms. The first-order valence-corrected chi connectivity index (χ1v) is 22.1. The average molecular weight is 785 g/mol. The molecule has 0 unspecified atom stereocenters. The summed E-state index contributed by atoms with van der Waals surface area (Å²) in [5.74, 6) is 0. The number of thiophene rings is 2. The van der Waals surface area contributed by atoms with Crippen molar-refractivity contribution in [3.8, 4) is 44.5 Å². The highest BCUT2D eigenvalue weighted by molar-refractivity contribution is 7.30. The van der Waals surface area contributed by atoms with Gasteiger partial charge in [-0.05, 0) is 112 Å². The number of benzene rings is 10. The Morgan fingerprint density at radius 2 is 0.949 bits per heavy atom. The lowest BCUT2D eigenvalue weighted by molar-refractivity contribution is 0.660. The fourth-order valence-corrected chi connectivity index (χ4v) is 13.1. The van der Waals surface area contributed by atoms with Crippen LogP contribution in [-0.2, 0) is 5.41 Å². The van der Waals surface area contributed by atoms with E-state index in [-0.39, 0.29) is 5.41 Å². The van der Waals surface area contributed by atoms with Crippen LogP contribution < -0.4 is 0 Å². The van der Waals surface area contributed by atoms with Crippen LogP contribution in [0.5, 0.6) is 0 Å². The highest BCUT2D eigenvalue weighted by atomic mass is 32.1. The maximum absolute atomic E-state index is 2.50. The van der Waals surface area contributed by atoms with E-state index in [4.69, 9.17) is 0 Å². The molecule has 0 saturated carbocycles. The third-order valence-corrected chi connectivity index (χ3v) is 15.7. The van der Waals surface area contributed by atoms with Crippen LogP contribution in [0, 0.1) is 0 Å². The van der Waals surface area contributed by atoms with Gasteiger partial charge in [-0.3, -0.25) is 0 Å². The molecule has 59 heavy (non-hydrogen) atoms. The molecule has 0 saturated heterocycles. The summed E-state index contributed by atoms with van der Waals surface area (Å²) in [6.07, 6.45) is 0. The van der Waals surface area contributed by atoms with Crippen LogP contribution >= 0.6 is 22.7 Å². The topological polar surface area (TPSA) is 0 Å². The minimum Gasteiger partial charge on any atom is -0.135 e. The van der Waals surface area contributed by atoms with E-state index < -0.39 is 0 Å². The summed E-state index contributed by atoms with van der Waals surface area (Å²) >= 11 is 3.88. The van der Waals surface area contributed by atoms with Crippen LogP contribution in [0.2, 0.25) is 0 Å². The predicted octanol–water partition coefficient (Wildman–Crippen LogP) is 17.2. The summed E-state index contributed by atoms with van der Waals surface area (Å²) < 4.78 is 5.47. The first kappa shape index (κ1) is 33.4. The molecule has 0 radical (unpaired) electrons. The molecule has 2 aromatic heterocycles. The van der Waals surface area contributed by atoms with Gasteiger partial charge in [0.1, 0.15) is 0 Å². The van der Waals surface area contributed by atoms with Gasteiger partial charge in [-0.1, -0.05) is 172 Å². The monoisotopic (exact) mass is 784 g/mol. The van der Waals surface area contributed by atoms with E-state index >= 15 is 0 Å². The molecule has 276 valence electrons. The fourth-order valence-electron chi connectivity index (χ4n) is 10.5. The number of hydrogen-bond acceptors (Lipinski definition) is 2. The van der Waals surface area contributed by atoms with Crippen LogP contribution in [0.25, 0.3) is 117 Å². The van der Waals surface area contributed by atoms with Gasteiger partial charge in [-0.2, -0.15) is 0 Å². The lowest BCUT2D eigenvalue weighted by Gasteiger charge is -2.23. The first-order chi connectivity index (χ1) is 29.0. The second-order valence-electron chi connectivity index (χ2n) is 16.7. The highest BCUT2D eigenvalue weighted by Crippen LogP contribution is 2.54. The maximum atomic E-state index is 2.50. The van der Waals surface area contributed by atoms with Crippen molar-refractivity contribution >= 4 is 95.3 Å². The molecule has 2 heteroatoms. The summed E-state index contributed by atoms with van der Waals surface area (Å²) in [5.41, 5.74) is 13.0. The number of hydrogen-bond donors (Lipinski definition) is 0. The Morgan fingerprint density at radius 3 is 1.71 bits per heavy atom. The first-order valence-electron chi connectivity index (χ1n) is 20.5. The van der Waals surface area contributed by atoms with E-state index in [0.29, 0.717) is 0 Å². The summed E-state index contributed by atoms with van der Waals surface area (Å²) in [4.78, 5) is 0. The molecule has 0 nitrogen and oxygen atoms in total. The Kier molecular flexibility index (Phi) is 6.92. The van der Waals surface area contributed by atoms with Gasteiger partial charge >= 0.3 is 0 Å². The van der Waals surface area contributed by atoms with Gasteiger partial charge in [0.15, 0.2) is 0 Å². The second-order valence-corrected chi connectivity index (χ2v) is 18.8. The zero-order valence-corrected chi connectivity index (χ0v) is 34.3. The molecule has 0 amide bonds. The molecule has 0 aliphatic heterocycles. The Hall–Kier alpha value is -6.58. The molecule has 13 rings (SSSR count). The molecular formula is C57H36S2. The Morgan fingerprint density at radius 1 is 0.339 bits per heavy atom. The average Bonchev–Trinajstić information content (AvgIpc) is 3.93. The van der Waals surface area contributed by atoms with Gasteiger partial charge in [-0.15, -0.1) is 22.7 Å². The molecule has 10 aromatic carbocycles. The number of fused-ring (bicyclic) bond motifs is 14. The van der Waals surface area contributed by atoms with Crippen molar-refractivity contribution in [1.29, 1.82) is 0 Å². The van der Waals surface area contributed by atoms with Gasteiger partial charge < -0.3 is 0 Å². The Bertz CT molecular complexity index is 3690. The van der Waals surface area contributed by atoms with Gasteiger partial charge in [0.05, 0.1) is 0 Å². The van der Waals surface area contributed by atoms with E-state index in [1.54, 1.807) is 0 Å². The highest BCUT2D eigenvalue weighted by Gasteiger charge is 2.36. The standard InChI is InChI=1S/C57H36S2/c1-57(2)47-28-24-35(38-21-12-22-44-45-27-30-50-54(56(45)59-55(38)44)53-37-16-7-6-13-33(37)25-29-49(53)58-50)31-46(47)39-26-23-36(32-48(39)57)52-42-19-10-8-17-40(42)51(34-14-4-3-5-15-34)41-18-9-11-20-43(41)52/h3-32H,1-2H3. The van der Waals surface area contributed by atoms with Gasteiger partial charge in [0, 0.05) is 45.8 Å². The minimum atomic E-state index is -0.146. The molecule has 12 aromatic rings. The van der Waals surface area contributed by atoms with Gasteiger partial charge in [0.25, 0.3) is 0 Å². The minimum absolute atomic E-state index is 0.146. The molecule has 2 heterocycles. The number of rotatable bonds is 3. The van der Waals surface area contributed by atoms with Crippen LogP contribution in [0.1, 0.15) is 25.0 Å². The third kappa shape index (κ3) is 4.65. The molecule has 1 aliphatic carbocycles. The van der Waals surface area contributed by atoms with Crippen molar-refractivity contribution < 1.29 is 0 Å². The smallest absolute Gasteiger partial charge is 0.0449 e. The van der Waals surface area contributed by atoms with Gasteiger partial charge in [-0.25, -0.2) is 0 Å². The quantitative estimate of drug-likeness (QED) is 0.157. The van der Waals surface area contributed by atoms with Crippen molar-refractivity contribution in [3.63, 3.8) is 0 Å². The van der Waals surface area contributed by atoms with Crippen molar-refractivity contribution in [2.75, 3.05) is 0 Å².